The monoisotopic (exact) mass is 348 g/mol. The van der Waals surface area contributed by atoms with Gasteiger partial charge in [0.2, 0.25) is 0 Å². The number of carboxylic acids is 2. The average molecular weight is 348 g/mol. The second kappa shape index (κ2) is 8.50. The van der Waals surface area contributed by atoms with Crippen LogP contribution in [-0.2, 0) is 9.59 Å². The van der Waals surface area contributed by atoms with Crippen molar-refractivity contribution in [1.29, 1.82) is 0 Å². The van der Waals surface area contributed by atoms with Gasteiger partial charge in [-0.25, -0.2) is 0 Å². The number of rotatable bonds is 8. The molecule has 0 aliphatic heterocycles. The van der Waals surface area contributed by atoms with Crippen molar-refractivity contribution >= 4 is 11.9 Å². The van der Waals surface area contributed by atoms with Gasteiger partial charge in [-0.05, 0) is 73.1 Å². The molecule has 1 aliphatic rings. The van der Waals surface area contributed by atoms with Gasteiger partial charge in [-0.2, -0.15) is 0 Å². The first-order chi connectivity index (χ1) is 11.5. The minimum atomic E-state index is -1.27. The highest BCUT2D eigenvalue weighted by atomic mass is 16.4. The van der Waals surface area contributed by atoms with Gasteiger partial charge in [0.15, 0.2) is 0 Å². The zero-order valence-corrected chi connectivity index (χ0v) is 16.2. The second-order valence-electron chi connectivity index (χ2n) is 7.93. The molecule has 0 saturated heterocycles. The SMILES string of the molecule is CC(C)=CCC/C(C)=C/CCC1=CC[C@@](C)(C(=O)O)[C@](C)(C(=O)O)C1. The number of hydrogen-bond acceptors (Lipinski definition) is 2. The summed E-state index contributed by atoms with van der Waals surface area (Å²) in [6.07, 6.45) is 10.7. The molecule has 0 aromatic heterocycles. The summed E-state index contributed by atoms with van der Waals surface area (Å²) in [5.74, 6) is -2.07. The first-order valence-electron chi connectivity index (χ1n) is 8.96. The van der Waals surface area contributed by atoms with Crippen LogP contribution in [0.2, 0.25) is 0 Å². The van der Waals surface area contributed by atoms with Crippen LogP contribution in [0.5, 0.6) is 0 Å². The maximum Gasteiger partial charge on any atom is 0.310 e. The third kappa shape index (κ3) is 5.07. The van der Waals surface area contributed by atoms with Crippen LogP contribution >= 0.6 is 0 Å². The molecule has 2 N–H and O–H groups in total. The Morgan fingerprint density at radius 3 is 2.16 bits per heavy atom. The van der Waals surface area contributed by atoms with Crippen molar-refractivity contribution in [2.75, 3.05) is 0 Å². The second-order valence-corrected chi connectivity index (χ2v) is 7.93. The lowest BCUT2D eigenvalue weighted by molar-refractivity contribution is -0.171. The lowest BCUT2D eigenvalue weighted by Crippen LogP contribution is -2.50. The predicted molar refractivity (Wildman–Crippen MR) is 100 cm³/mol. The highest BCUT2D eigenvalue weighted by Gasteiger charge is 2.56. The van der Waals surface area contributed by atoms with E-state index in [9.17, 15) is 19.8 Å². The normalized spacial score (nSPS) is 26.8. The van der Waals surface area contributed by atoms with Crippen LogP contribution in [0.4, 0.5) is 0 Å². The summed E-state index contributed by atoms with van der Waals surface area (Å²) in [6.45, 7) is 9.43. The van der Waals surface area contributed by atoms with Crippen LogP contribution in [0.25, 0.3) is 0 Å². The van der Waals surface area contributed by atoms with Crippen LogP contribution in [0, 0.1) is 10.8 Å². The van der Waals surface area contributed by atoms with Gasteiger partial charge in [0.1, 0.15) is 0 Å². The van der Waals surface area contributed by atoms with E-state index in [1.807, 2.05) is 6.08 Å². The molecule has 0 amide bonds. The summed E-state index contributed by atoms with van der Waals surface area (Å²) in [5.41, 5.74) is 1.18. The Hall–Kier alpha value is -1.84. The van der Waals surface area contributed by atoms with E-state index in [1.54, 1.807) is 13.8 Å². The average Bonchev–Trinajstić information content (AvgIpc) is 2.50. The fourth-order valence-corrected chi connectivity index (χ4v) is 3.32. The molecule has 0 aromatic rings. The Kier molecular flexibility index (Phi) is 7.21. The minimum Gasteiger partial charge on any atom is -0.481 e. The smallest absolute Gasteiger partial charge is 0.310 e. The van der Waals surface area contributed by atoms with Gasteiger partial charge in [-0.15, -0.1) is 0 Å². The molecule has 1 rings (SSSR count). The van der Waals surface area contributed by atoms with Gasteiger partial charge in [-0.3, -0.25) is 9.59 Å². The number of carboxylic acid groups (broad SMARTS) is 2. The largest absolute Gasteiger partial charge is 0.481 e. The highest BCUT2D eigenvalue weighted by molar-refractivity contribution is 5.87. The summed E-state index contributed by atoms with van der Waals surface area (Å²) in [5, 5.41) is 19.2. The Morgan fingerprint density at radius 1 is 1.04 bits per heavy atom. The van der Waals surface area contributed by atoms with E-state index >= 15 is 0 Å². The van der Waals surface area contributed by atoms with Gasteiger partial charge in [0.05, 0.1) is 10.8 Å². The lowest BCUT2D eigenvalue weighted by atomic mass is 9.58. The molecular weight excluding hydrogens is 316 g/mol. The van der Waals surface area contributed by atoms with E-state index in [1.165, 1.54) is 11.1 Å². The van der Waals surface area contributed by atoms with Crippen LogP contribution in [0.1, 0.15) is 73.1 Å². The number of hydrogen-bond donors (Lipinski definition) is 2. The van der Waals surface area contributed by atoms with E-state index in [0.717, 1.165) is 31.3 Å². The molecular formula is C21H32O4. The molecule has 0 fully saturated rings. The lowest BCUT2D eigenvalue weighted by Gasteiger charge is -2.43. The quantitative estimate of drug-likeness (QED) is 0.579. The summed E-state index contributed by atoms with van der Waals surface area (Å²) in [4.78, 5) is 23.4. The Labute approximate surface area is 151 Å². The van der Waals surface area contributed by atoms with Crippen molar-refractivity contribution in [3.8, 4) is 0 Å². The van der Waals surface area contributed by atoms with Crippen LogP contribution in [-0.4, -0.2) is 22.2 Å². The van der Waals surface area contributed by atoms with E-state index in [0.29, 0.717) is 6.42 Å². The minimum absolute atomic E-state index is 0.268. The molecule has 0 heterocycles. The van der Waals surface area contributed by atoms with Crippen LogP contribution < -0.4 is 0 Å². The maximum absolute atomic E-state index is 11.8. The summed E-state index contributed by atoms with van der Waals surface area (Å²) in [7, 11) is 0. The Balaban J connectivity index is 2.73. The zero-order chi connectivity index (χ0) is 19.3. The van der Waals surface area contributed by atoms with Gasteiger partial charge in [0, 0.05) is 0 Å². The molecule has 4 nitrogen and oxygen atoms in total. The van der Waals surface area contributed by atoms with Gasteiger partial charge in [0.25, 0.3) is 0 Å². The number of carbonyl (C=O) groups is 2. The van der Waals surface area contributed by atoms with Gasteiger partial charge >= 0.3 is 11.9 Å². The summed E-state index contributed by atoms with van der Waals surface area (Å²) >= 11 is 0. The first-order valence-corrected chi connectivity index (χ1v) is 8.96. The molecule has 0 saturated carbocycles. The third-order valence-electron chi connectivity index (χ3n) is 5.59. The topological polar surface area (TPSA) is 74.6 Å². The van der Waals surface area contributed by atoms with E-state index in [4.69, 9.17) is 0 Å². The molecule has 0 spiro atoms. The van der Waals surface area contributed by atoms with Crippen molar-refractivity contribution in [2.45, 2.75) is 73.1 Å². The number of aliphatic carboxylic acids is 2. The van der Waals surface area contributed by atoms with Crippen LogP contribution in [0.15, 0.2) is 34.9 Å². The van der Waals surface area contributed by atoms with E-state index in [2.05, 4.69) is 32.9 Å². The van der Waals surface area contributed by atoms with Gasteiger partial charge in [-0.1, -0.05) is 34.9 Å². The fourth-order valence-electron chi connectivity index (χ4n) is 3.32. The third-order valence-corrected chi connectivity index (χ3v) is 5.59. The van der Waals surface area contributed by atoms with Crippen molar-refractivity contribution in [1.82, 2.24) is 0 Å². The Bertz CT molecular complexity index is 607. The highest BCUT2D eigenvalue weighted by Crippen LogP contribution is 2.51. The molecule has 140 valence electrons. The molecule has 2 atom stereocenters. The summed E-state index contributed by atoms with van der Waals surface area (Å²) in [6, 6.07) is 0. The summed E-state index contributed by atoms with van der Waals surface area (Å²) < 4.78 is 0. The molecule has 4 heteroatoms. The molecule has 25 heavy (non-hydrogen) atoms. The van der Waals surface area contributed by atoms with E-state index < -0.39 is 22.8 Å². The van der Waals surface area contributed by atoms with Crippen LogP contribution in [0.3, 0.4) is 0 Å². The fraction of sp³-hybridized carbons (Fsp3) is 0.619. The molecule has 0 unspecified atom stereocenters. The maximum atomic E-state index is 11.8. The Morgan fingerprint density at radius 2 is 1.64 bits per heavy atom. The van der Waals surface area contributed by atoms with Crippen molar-refractivity contribution in [2.24, 2.45) is 10.8 Å². The first kappa shape index (κ1) is 21.2. The zero-order valence-electron chi connectivity index (χ0n) is 16.2. The molecule has 0 bridgehead atoms. The van der Waals surface area contributed by atoms with E-state index in [-0.39, 0.29) is 6.42 Å². The molecule has 0 radical (unpaired) electrons. The standard InChI is InChI=1S/C21H32O4/c1-15(2)8-6-9-16(3)10-7-11-17-12-13-20(4,18(22)23)21(5,14-17)19(24)25/h8,10,12H,6-7,9,11,13-14H2,1-5H3,(H,22,23)(H,24,25)/b16-10+/t20-,21-/m0/s1. The van der Waals surface area contributed by atoms with Crippen molar-refractivity contribution < 1.29 is 19.8 Å². The molecule has 1 aliphatic carbocycles. The van der Waals surface area contributed by atoms with Crippen molar-refractivity contribution in [3.05, 3.63) is 34.9 Å². The van der Waals surface area contributed by atoms with Gasteiger partial charge < -0.3 is 10.2 Å². The predicted octanol–water partition coefficient (Wildman–Crippen LogP) is 5.36. The van der Waals surface area contributed by atoms with Crippen molar-refractivity contribution in [3.63, 3.8) is 0 Å². The molecule has 0 aromatic carbocycles. The number of allylic oxidation sites excluding steroid dienone is 6.